The first-order valence-electron chi connectivity index (χ1n) is 9.99. The molecule has 146 valence electrons. The Morgan fingerprint density at radius 1 is 1.00 bits per heavy atom. The molecule has 0 aromatic carbocycles. The van der Waals surface area contributed by atoms with E-state index in [9.17, 15) is 14.4 Å². The molecule has 0 unspecified atom stereocenters. The number of carbonyl (C=O) groups excluding carboxylic acids is 3. The van der Waals surface area contributed by atoms with Crippen LogP contribution in [-0.4, -0.2) is 77.0 Å². The average Bonchev–Trinajstić information content (AvgIpc) is 3.00. The lowest BCUT2D eigenvalue weighted by atomic mass is 9.89. The van der Waals surface area contributed by atoms with E-state index in [4.69, 9.17) is 4.74 Å². The Bertz CT molecular complexity index is 551. The van der Waals surface area contributed by atoms with Crippen molar-refractivity contribution in [1.82, 2.24) is 14.7 Å². The summed E-state index contributed by atoms with van der Waals surface area (Å²) >= 11 is 0. The molecule has 0 aromatic rings. The molecular formula is C19H31N3O4. The van der Waals surface area contributed by atoms with Gasteiger partial charge in [-0.3, -0.25) is 19.3 Å². The highest BCUT2D eigenvalue weighted by molar-refractivity contribution is 5.89. The van der Waals surface area contributed by atoms with Crippen molar-refractivity contribution in [2.75, 3.05) is 32.8 Å². The molecule has 3 amide bonds. The summed E-state index contributed by atoms with van der Waals surface area (Å²) in [4.78, 5) is 42.9. The topological polar surface area (TPSA) is 70.2 Å². The summed E-state index contributed by atoms with van der Waals surface area (Å²) in [5.41, 5.74) is -0.577. The van der Waals surface area contributed by atoms with Crippen molar-refractivity contribution < 1.29 is 19.1 Å². The molecule has 1 spiro atoms. The van der Waals surface area contributed by atoms with Gasteiger partial charge in [-0.25, -0.2) is 0 Å². The zero-order valence-electron chi connectivity index (χ0n) is 16.0. The van der Waals surface area contributed by atoms with Crippen molar-refractivity contribution in [2.45, 2.75) is 70.6 Å². The molecule has 26 heavy (non-hydrogen) atoms. The van der Waals surface area contributed by atoms with E-state index >= 15 is 0 Å². The van der Waals surface area contributed by atoms with E-state index in [1.54, 1.807) is 21.6 Å². The number of ether oxygens (including phenoxy) is 1. The second-order valence-corrected chi connectivity index (χ2v) is 7.68. The Kier molecular flexibility index (Phi) is 5.85. The van der Waals surface area contributed by atoms with E-state index in [0.29, 0.717) is 39.2 Å². The average molecular weight is 365 g/mol. The third-order valence-corrected chi connectivity index (χ3v) is 5.95. The first-order chi connectivity index (χ1) is 12.5. The van der Waals surface area contributed by atoms with Crippen LogP contribution in [0.1, 0.15) is 58.8 Å². The van der Waals surface area contributed by atoms with Crippen molar-refractivity contribution in [3.05, 3.63) is 0 Å². The summed E-state index contributed by atoms with van der Waals surface area (Å²) in [6.07, 6.45) is 6.10. The molecule has 1 aliphatic carbocycles. The van der Waals surface area contributed by atoms with E-state index in [1.807, 2.05) is 6.92 Å². The summed E-state index contributed by atoms with van der Waals surface area (Å²) in [6.45, 7) is 6.00. The molecule has 1 atom stereocenters. The second-order valence-electron chi connectivity index (χ2n) is 7.68. The van der Waals surface area contributed by atoms with E-state index < -0.39 is 11.8 Å². The van der Waals surface area contributed by atoms with Crippen LogP contribution in [0, 0.1) is 0 Å². The highest BCUT2D eigenvalue weighted by Gasteiger charge is 2.53. The van der Waals surface area contributed by atoms with Gasteiger partial charge in [-0.15, -0.1) is 0 Å². The van der Waals surface area contributed by atoms with Gasteiger partial charge in [0.15, 0.2) is 0 Å². The minimum atomic E-state index is -0.577. The molecule has 0 radical (unpaired) electrons. The van der Waals surface area contributed by atoms with E-state index in [2.05, 4.69) is 0 Å². The molecule has 3 fully saturated rings. The maximum Gasteiger partial charge on any atom is 0.248 e. The molecule has 7 heteroatoms. The maximum atomic E-state index is 13.2. The van der Waals surface area contributed by atoms with Gasteiger partial charge in [-0.2, -0.15) is 0 Å². The van der Waals surface area contributed by atoms with Gasteiger partial charge < -0.3 is 14.5 Å². The molecule has 2 heterocycles. The highest BCUT2D eigenvalue weighted by Crippen LogP contribution is 2.41. The molecule has 0 N–H and O–H groups in total. The Morgan fingerprint density at radius 2 is 1.62 bits per heavy atom. The first kappa shape index (κ1) is 19.1. The van der Waals surface area contributed by atoms with Gasteiger partial charge in [0, 0.05) is 39.5 Å². The van der Waals surface area contributed by atoms with Crippen LogP contribution >= 0.6 is 0 Å². The SMILES string of the molecule is CCCC(=O)N1[C@H](C(=O)N2CCN(C(C)=O)CC2)COC12CCCCC2. The number of rotatable bonds is 3. The summed E-state index contributed by atoms with van der Waals surface area (Å²) < 4.78 is 6.14. The Labute approximate surface area is 155 Å². The van der Waals surface area contributed by atoms with Crippen LogP contribution in [0.4, 0.5) is 0 Å². The van der Waals surface area contributed by atoms with Gasteiger partial charge in [-0.1, -0.05) is 13.3 Å². The smallest absolute Gasteiger partial charge is 0.248 e. The van der Waals surface area contributed by atoms with Crippen molar-refractivity contribution in [2.24, 2.45) is 0 Å². The fourth-order valence-corrected chi connectivity index (χ4v) is 4.52. The summed E-state index contributed by atoms with van der Waals surface area (Å²) in [5.74, 6) is 0.0509. The number of carbonyl (C=O) groups is 3. The summed E-state index contributed by atoms with van der Waals surface area (Å²) in [5, 5.41) is 0. The predicted molar refractivity (Wildman–Crippen MR) is 96.1 cm³/mol. The quantitative estimate of drug-likeness (QED) is 0.757. The molecule has 0 aromatic heterocycles. The first-order valence-corrected chi connectivity index (χ1v) is 9.99. The van der Waals surface area contributed by atoms with Gasteiger partial charge in [0.1, 0.15) is 11.8 Å². The Morgan fingerprint density at radius 3 is 2.19 bits per heavy atom. The third-order valence-electron chi connectivity index (χ3n) is 5.95. The number of hydrogen-bond acceptors (Lipinski definition) is 4. The zero-order chi connectivity index (χ0) is 18.7. The van der Waals surface area contributed by atoms with Crippen molar-refractivity contribution in [3.63, 3.8) is 0 Å². The molecule has 0 bridgehead atoms. The fraction of sp³-hybridized carbons (Fsp3) is 0.842. The van der Waals surface area contributed by atoms with Crippen LogP contribution in [0.3, 0.4) is 0 Å². The predicted octanol–water partition coefficient (Wildman–Crippen LogP) is 1.37. The largest absolute Gasteiger partial charge is 0.353 e. The van der Waals surface area contributed by atoms with Crippen molar-refractivity contribution in [3.8, 4) is 0 Å². The number of amides is 3. The normalized spacial score (nSPS) is 25.6. The van der Waals surface area contributed by atoms with Gasteiger partial charge in [-0.05, 0) is 32.1 Å². The van der Waals surface area contributed by atoms with Crippen molar-refractivity contribution >= 4 is 17.7 Å². The third kappa shape index (κ3) is 3.59. The van der Waals surface area contributed by atoms with Crippen molar-refractivity contribution in [1.29, 1.82) is 0 Å². The van der Waals surface area contributed by atoms with Gasteiger partial charge >= 0.3 is 0 Å². The molecular weight excluding hydrogens is 334 g/mol. The number of piperazine rings is 1. The van der Waals surface area contributed by atoms with Crippen LogP contribution < -0.4 is 0 Å². The van der Waals surface area contributed by atoms with Crippen LogP contribution in [0.5, 0.6) is 0 Å². The van der Waals surface area contributed by atoms with Gasteiger partial charge in [0.2, 0.25) is 17.7 Å². The lowest BCUT2D eigenvalue weighted by Gasteiger charge is -2.43. The van der Waals surface area contributed by atoms with E-state index in [1.165, 1.54) is 0 Å². The number of hydrogen-bond donors (Lipinski definition) is 0. The zero-order valence-corrected chi connectivity index (χ0v) is 16.0. The number of nitrogens with zero attached hydrogens (tertiary/aromatic N) is 3. The molecule has 3 rings (SSSR count). The standard InChI is InChI=1S/C19H31N3O4/c1-3-7-17(24)22-16(14-26-19(22)8-5-4-6-9-19)18(25)21-12-10-20(11-13-21)15(2)23/h16H,3-14H2,1-2H3/t16-/m0/s1. The molecule has 7 nitrogen and oxygen atoms in total. The molecule has 3 aliphatic rings. The minimum Gasteiger partial charge on any atom is -0.353 e. The lowest BCUT2D eigenvalue weighted by molar-refractivity contribution is -0.162. The van der Waals surface area contributed by atoms with E-state index in [0.717, 1.165) is 38.5 Å². The summed E-state index contributed by atoms with van der Waals surface area (Å²) in [6, 6.07) is -0.518. The summed E-state index contributed by atoms with van der Waals surface area (Å²) in [7, 11) is 0. The Balaban J connectivity index is 1.74. The molecule has 2 saturated heterocycles. The minimum absolute atomic E-state index is 0.0277. The van der Waals surface area contributed by atoms with Crippen LogP contribution in [0.15, 0.2) is 0 Å². The van der Waals surface area contributed by atoms with Gasteiger partial charge in [0.25, 0.3) is 0 Å². The lowest BCUT2D eigenvalue weighted by Crippen LogP contribution is -2.59. The highest BCUT2D eigenvalue weighted by atomic mass is 16.5. The molecule has 1 saturated carbocycles. The van der Waals surface area contributed by atoms with Crippen LogP contribution in [0.2, 0.25) is 0 Å². The monoisotopic (exact) mass is 365 g/mol. The van der Waals surface area contributed by atoms with Crippen LogP contribution in [-0.2, 0) is 19.1 Å². The fourth-order valence-electron chi connectivity index (χ4n) is 4.52. The Hall–Kier alpha value is -1.63. The van der Waals surface area contributed by atoms with Gasteiger partial charge in [0.05, 0.1) is 6.61 Å². The molecule has 2 aliphatic heterocycles. The maximum absolute atomic E-state index is 13.2. The van der Waals surface area contributed by atoms with E-state index in [-0.39, 0.29) is 17.7 Å². The second kappa shape index (κ2) is 7.94. The van der Waals surface area contributed by atoms with Crippen LogP contribution in [0.25, 0.3) is 0 Å².